The van der Waals surface area contributed by atoms with Crippen LogP contribution < -0.4 is 16.9 Å². The summed E-state index contributed by atoms with van der Waals surface area (Å²) >= 11 is 0. The van der Waals surface area contributed by atoms with Gasteiger partial charge in [0.05, 0.1) is 6.21 Å². The van der Waals surface area contributed by atoms with Crippen molar-refractivity contribution < 1.29 is 22.8 Å². The van der Waals surface area contributed by atoms with E-state index in [1.807, 2.05) is 0 Å². The van der Waals surface area contributed by atoms with Crippen LogP contribution in [0, 0.1) is 0 Å². The first-order valence-corrected chi connectivity index (χ1v) is 7.81. The summed E-state index contributed by atoms with van der Waals surface area (Å²) in [6.45, 7) is 0. The zero-order valence-electron chi connectivity index (χ0n) is 14.0. The smallest absolute Gasteiger partial charge is 0.398 e. The van der Waals surface area contributed by atoms with Crippen LogP contribution in [0.5, 0.6) is 0 Å². The van der Waals surface area contributed by atoms with Crippen molar-refractivity contribution in [1.82, 2.24) is 5.32 Å². The van der Waals surface area contributed by atoms with Gasteiger partial charge in [0, 0.05) is 17.7 Å². The lowest BCUT2D eigenvalue weighted by atomic mass is 9.98. The van der Waals surface area contributed by atoms with Crippen molar-refractivity contribution in [1.29, 1.82) is 0 Å². The van der Waals surface area contributed by atoms with Crippen LogP contribution in [0.25, 0.3) is 0 Å². The number of carbonyl (C=O) groups is 2. The molecule has 2 rings (SSSR count). The standard InChI is InChI=1S/C18H17F3N4O2/c19-18(20,21)16(26)15(25-17(27)12-4-2-1-3-5-12)9-13-7-6-11(10-24-23)8-14(13)22/h1-8,10,15H,9,22-23H2,(H,25,27). The lowest BCUT2D eigenvalue weighted by Crippen LogP contribution is -2.48. The summed E-state index contributed by atoms with van der Waals surface area (Å²) in [5.74, 6) is 2.19. The second-order valence-electron chi connectivity index (χ2n) is 5.69. The van der Waals surface area contributed by atoms with Crippen LogP contribution in [0.1, 0.15) is 21.5 Å². The largest absolute Gasteiger partial charge is 0.452 e. The van der Waals surface area contributed by atoms with E-state index >= 15 is 0 Å². The van der Waals surface area contributed by atoms with Crippen LogP contribution in [0.15, 0.2) is 53.6 Å². The first-order chi connectivity index (χ1) is 12.7. The maximum Gasteiger partial charge on any atom is 0.452 e. The van der Waals surface area contributed by atoms with Crippen LogP contribution in [0.3, 0.4) is 0 Å². The van der Waals surface area contributed by atoms with Gasteiger partial charge in [-0.25, -0.2) is 0 Å². The monoisotopic (exact) mass is 378 g/mol. The van der Waals surface area contributed by atoms with Crippen LogP contribution in [0.4, 0.5) is 18.9 Å². The van der Waals surface area contributed by atoms with Gasteiger partial charge < -0.3 is 16.9 Å². The molecule has 1 atom stereocenters. The van der Waals surface area contributed by atoms with Crippen molar-refractivity contribution in [2.24, 2.45) is 10.9 Å². The Morgan fingerprint density at radius 3 is 2.37 bits per heavy atom. The number of rotatable bonds is 6. The summed E-state index contributed by atoms with van der Waals surface area (Å²) in [6.07, 6.45) is -4.20. The summed E-state index contributed by atoms with van der Waals surface area (Å²) in [7, 11) is 0. The molecule has 0 bridgehead atoms. The Labute approximate surface area is 153 Å². The molecule has 2 aromatic carbocycles. The van der Waals surface area contributed by atoms with Crippen molar-refractivity contribution >= 4 is 23.6 Å². The zero-order chi connectivity index (χ0) is 20.0. The van der Waals surface area contributed by atoms with Gasteiger partial charge in [-0.1, -0.05) is 30.3 Å². The topological polar surface area (TPSA) is 111 Å². The Kier molecular flexibility index (Phi) is 6.17. The molecule has 0 spiro atoms. The average Bonchev–Trinajstić information content (AvgIpc) is 2.62. The van der Waals surface area contributed by atoms with E-state index in [2.05, 4.69) is 10.4 Å². The van der Waals surface area contributed by atoms with E-state index in [9.17, 15) is 22.8 Å². The number of Topliss-reactive ketones (excluding diaryl/α,β-unsaturated/α-hetero) is 1. The molecule has 0 fully saturated rings. The van der Waals surface area contributed by atoms with Crippen LogP contribution in [-0.2, 0) is 11.2 Å². The van der Waals surface area contributed by atoms with Crippen molar-refractivity contribution in [3.05, 3.63) is 65.2 Å². The maximum absolute atomic E-state index is 13.0. The van der Waals surface area contributed by atoms with E-state index in [0.717, 1.165) is 0 Å². The predicted octanol–water partition coefficient (Wildman–Crippen LogP) is 2.03. The Balaban J connectivity index is 2.28. The number of hydrogen-bond donors (Lipinski definition) is 3. The number of amides is 1. The minimum absolute atomic E-state index is 0.139. The molecule has 9 heteroatoms. The molecule has 0 aliphatic rings. The van der Waals surface area contributed by atoms with Gasteiger partial charge in [-0.05, 0) is 29.3 Å². The van der Waals surface area contributed by atoms with Gasteiger partial charge in [0.2, 0.25) is 0 Å². The number of halogens is 3. The van der Waals surface area contributed by atoms with Crippen LogP contribution in [0.2, 0.25) is 0 Å². The number of nitrogens with one attached hydrogen (secondary N) is 1. The summed E-state index contributed by atoms with van der Waals surface area (Å²) in [5, 5.41) is 5.48. The Hall–Kier alpha value is -3.36. The van der Waals surface area contributed by atoms with Gasteiger partial charge in [-0.15, -0.1) is 0 Å². The van der Waals surface area contributed by atoms with Gasteiger partial charge in [0.25, 0.3) is 11.7 Å². The maximum atomic E-state index is 13.0. The molecule has 0 heterocycles. The van der Waals surface area contributed by atoms with Crippen molar-refractivity contribution in [3.8, 4) is 0 Å². The molecule has 5 N–H and O–H groups in total. The quantitative estimate of drug-likeness (QED) is 0.309. The summed E-state index contributed by atoms with van der Waals surface area (Å²) < 4.78 is 38.9. The molecule has 142 valence electrons. The van der Waals surface area contributed by atoms with Gasteiger partial charge in [0.15, 0.2) is 0 Å². The number of ketones is 1. The number of carbonyl (C=O) groups excluding carboxylic acids is 2. The summed E-state index contributed by atoms with van der Waals surface area (Å²) in [4.78, 5) is 24.0. The minimum Gasteiger partial charge on any atom is -0.398 e. The highest BCUT2D eigenvalue weighted by molar-refractivity contribution is 5.99. The fraction of sp³-hybridized carbons (Fsp3) is 0.167. The number of hydrazone groups is 1. The molecule has 0 saturated carbocycles. The fourth-order valence-corrected chi connectivity index (χ4v) is 2.42. The van der Waals surface area contributed by atoms with Crippen LogP contribution in [-0.4, -0.2) is 30.1 Å². The molecule has 1 unspecified atom stereocenters. The second kappa shape index (κ2) is 8.35. The third-order valence-electron chi connectivity index (χ3n) is 3.75. The number of nitrogens with zero attached hydrogens (tertiary/aromatic N) is 1. The fourth-order valence-electron chi connectivity index (χ4n) is 2.42. The molecule has 2 aromatic rings. The highest BCUT2D eigenvalue weighted by atomic mass is 19.4. The molecule has 27 heavy (non-hydrogen) atoms. The molecule has 0 aliphatic carbocycles. The molecule has 0 radical (unpaired) electrons. The highest BCUT2D eigenvalue weighted by Gasteiger charge is 2.44. The number of benzene rings is 2. The van der Waals surface area contributed by atoms with E-state index in [-0.39, 0.29) is 16.8 Å². The van der Waals surface area contributed by atoms with Gasteiger partial charge in [0.1, 0.15) is 6.04 Å². The number of anilines is 1. The van der Waals surface area contributed by atoms with Crippen molar-refractivity contribution in [2.75, 3.05) is 5.73 Å². The van der Waals surface area contributed by atoms with E-state index in [0.29, 0.717) is 5.56 Å². The van der Waals surface area contributed by atoms with Crippen LogP contribution >= 0.6 is 0 Å². The molecule has 0 aromatic heterocycles. The van der Waals surface area contributed by atoms with Crippen molar-refractivity contribution in [2.45, 2.75) is 18.6 Å². The number of hydrogen-bond acceptors (Lipinski definition) is 5. The Bertz CT molecular complexity index is 851. The minimum atomic E-state index is -5.10. The van der Waals surface area contributed by atoms with E-state index in [1.54, 1.807) is 18.2 Å². The Morgan fingerprint density at radius 2 is 1.81 bits per heavy atom. The lowest BCUT2D eigenvalue weighted by molar-refractivity contribution is -0.173. The first kappa shape index (κ1) is 20.0. The lowest BCUT2D eigenvalue weighted by Gasteiger charge is -2.20. The number of nitrogens with two attached hydrogens (primary N) is 2. The van der Waals surface area contributed by atoms with Gasteiger partial charge >= 0.3 is 6.18 Å². The van der Waals surface area contributed by atoms with E-state index < -0.39 is 30.3 Å². The molecule has 0 aliphatic heterocycles. The zero-order valence-corrected chi connectivity index (χ0v) is 14.0. The summed E-state index contributed by atoms with van der Waals surface area (Å²) in [5.41, 5.74) is 6.96. The first-order valence-electron chi connectivity index (χ1n) is 7.81. The molecule has 6 nitrogen and oxygen atoms in total. The summed E-state index contributed by atoms with van der Waals surface area (Å²) in [6, 6.07) is 10.3. The van der Waals surface area contributed by atoms with Crippen molar-refractivity contribution in [3.63, 3.8) is 0 Å². The number of alkyl halides is 3. The highest BCUT2D eigenvalue weighted by Crippen LogP contribution is 2.22. The average molecular weight is 378 g/mol. The van der Waals surface area contributed by atoms with E-state index in [1.165, 1.54) is 36.5 Å². The predicted molar refractivity (Wildman–Crippen MR) is 95.1 cm³/mol. The van der Waals surface area contributed by atoms with E-state index in [4.69, 9.17) is 11.6 Å². The third kappa shape index (κ3) is 5.30. The Morgan fingerprint density at radius 1 is 1.15 bits per heavy atom. The van der Waals surface area contributed by atoms with Gasteiger partial charge in [-0.2, -0.15) is 18.3 Å². The molecular formula is C18H17F3N4O2. The van der Waals surface area contributed by atoms with Gasteiger partial charge in [-0.3, -0.25) is 9.59 Å². The third-order valence-corrected chi connectivity index (χ3v) is 3.75. The molecular weight excluding hydrogens is 361 g/mol. The molecule has 0 saturated heterocycles. The SMILES string of the molecule is NN=Cc1ccc(CC(NC(=O)c2ccccc2)C(=O)C(F)(F)F)c(N)c1. The normalized spacial score (nSPS) is 12.7. The molecule has 1 amide bonds. The number of nitrogen functional groups attached to an aromatic ring is 1. The second-order valence-corrected chi connectivity index (χ2v) is 5.69.